The molecule has 0 amide bonds. The van der Waals surface area contributed by atoms with E-state index in [0.717, 1.165) is 13.0 Å². The highest BCUT2D eigenvalue weighted by molar-refractivity contribution is 5.27. The van der Waals surface area contributed by atoms with Crippen molar-refractivity contribution in [3.63, 3.8) is 0 Å². The first-order chi connectivity index (χ1) is 6.77. The van der Waals surface area contributed by atoms with Gasteiger partial charge in [-0.1, -0.05) is 19.1 Å². The number of phenols is 1. The van der Waals surface area contributed by atoms with Crippen LogP contribution in [0.25, 0.3) is 0 Å². The van der Waals surface area contributed by atoms with Crippen LogP contribution in [0, 0.1) is 0 Å². The molecule has 1 aromatic carbocycles. The summed E-state index contributed by atoms with van der Waals surface area (Å²) in [5, 5.41) is 12.5. The first kappa shape index (κ1) is 11.0. The molecule has 14 heavy (non-hydrogen) atoms. The standard InChI is InChI=1S/C11H18N2O/c1-2-11(13-8-7-12)9-3-5-10(14)6-4-9/h3-6,11,13-14H,2,7-8,12H2,1H3. The number of hydrogen-bond donors (Lipinski definition) is 3. The van der Waals surface area contributed by atoms with E-state index in [1.807, 2.05) is 12.1 Å². The Hall–Kier alpha value is -1.06. The lowest BCUT2D eigenvalue weighted by Crippen LogP contribution is -2.26. The zero-order valence-corrected chi connectivity index (χ0v) is 8.53. The second kappa shape index (κ2) is 5.62. The van der Waals surface area contributed by atoms with Crippen LogP contribution >= 0.6 is 0 Å². The molecule has 3 heteroatoms. The largest absolute Gasteiger partial charge is 0.508 e. The van der Waals surface area contributed by atoms with Gasteiger partial charge in [-0.15, -0.1) is 0 Å². The summed E-state index contributed by atoms with van der Waals surface area (Å²) >= 11 is 0. The monoisotopic (exact) mass is 194 g/mol. The van der Waals surface area contributed by atoms with Gasteiger partial charge in [0.05, 0.1) is 0 Å². The van der Waals surface area contributed by atoms with Gasteiger partial charge in [0.1, 0.15) is 5.75 Å². The Labute approximate surface area is 84.9 Å². The van der Waals surface area contributed by atoms with Crippen molar-refractivity contribution in [2.24, 2.45) is 5.73 Å². The molecule has 0 aromatic heterocycles. The summed E-state index contributed by atoms with van der Waals surface area (Å²) < 4.78 is 0. The van der Waals surface area contributed by atoms with Crippen LogP contribution in [-0.4, -0.2) is 18.2 Å². The van der Waals surface area contributed by atoms with Crippen LogP contribution in [0.1, 0.15) is 24.9 Å². The maximum absolute atomic E-state index is 9.15. The Morgan fingerprint density at radius 1 is 1.36 bits per heavy atom. The second-order valence-corrected chi connectivity index (χ2v) is 3.30. The van der Waals surface area contributed by atoms with E-state index in [1.165, 1.54) is 5.56 Å². The lowest BCUT2D eigenvalue weighted by Gasteiger charge is -2.16. The van der Waals surface area contributed by atoms with Gasteiger partial charge >= 0.3 is 0 Å². The Balaban J connectivity index is 2.64. The lowest BCUT2D eigenvalue weighted by molar-refractivity contribution is 0.473. The molecule has 78 valence electrons. The predicted molar refractivity (Wildman–Crippen MR) is 58.2 cm³/mol. The summed E-state index contributed by atoms with van der Waals surface area (Å²) in [6.45, 7) is 3.59. The average molecular weight is 194 g/mol. The molecule has 0 aliphatic carbocycles. The van der Waals surface area contributed by atoms with E-state index < -0.39 is 0 Å². The summed E-state index contributed by atoms with van der Waals surface area (Å²) in [5.41, 5.74) is 6.62. The van der Waals surface area contributed by atoms with Crippen molar-refractivity contribution in [2.45, 2.75) is 19.4 Å². The molecular weight excluding hydrogens is 176 g/mol. The third kappa shape index (κ3) is 3.01. The van der Waals surface area contributed by atoms with Crippen molar-refractivity contribution < 1.29 is 5.11 Å². The van der Waals surface area contributed by atoms with Gasteiger partial charge in [0, 0.05) is 19.1 Å². The van der Waals surface area contributed by atoms with Gasteiger partial charge < -0.3 is 16.2 Å². The van der Waals surface area contributed by atoms with E-state index in [1.54, 1.807) is 12.1 Å². The molecule has 0 radical (unpaired) electrons. The van der Waals surface area contributed by atoms with E-state index in [4.69, 9.17) is 10.8 Å². The molecule has 1 unspecified atom stereocenters. The molecule has 0 bridgehead atoms. The third-order valence-electron chi connectivity index (χ3n) is 2.24. The maximum Gasteiger partial charge on any atom is 0.115 e. The number of nitrogens with two attached hydrogens (primary N) is 1. The molecule has 0 fully saturated rings. The molecule has 0 saturated carbocycles. The number of rotatable bonds is 5. The number of phenolic OH excluding ortho intramolecular Hbond substituents is 1. The van der Waals surface area contributed by atoms with E-state index in [-0.39, 0.29) is 0 Å². The number of nitrogens with one attached hydrogen (secondary N) is 1. The minimum Gasteiger partial charge on any atom is -0.508 e. The molecule has 0 saturated heterocycles. The van der Waals surface area contributed by atoms with Gasteiger partial charge in [-0.25, -0.2) is 0 Å². The van der Waals surface area contributed by atoms with Crippen LogP contribution in [0.4, 0.5) is 0 Å². The van der Waals surface area contributed by atoms with Crippen LogP contribution in [0.15, 0.2) is 24.3 Å². The van der Waals surface area contributed by atoms with Crippen molar-refractivity contribution in [3.05, 3.63) is 29.8 Å². The van der Waals surface area contributed by atoms with E-state index >= 15 is 0 Å². The van der Waals surface area contributed by atoms with Gasteiger partial charge in [0.15, 0.2) is 0 Å². The quantitative estimate of drug-likeness (QED) is 0.664. The van der Waals surface area contributed by atoms with Crippen molar-refractivity contribution in [3.8, 4) is 5.75 Å². The Bertz CT molecular complexity index is 258. The van der Waals surface area contributed by atoms with Gasteiger partial charge in [-0.05, 0) is 24.1 Å². The second-order valence-electron chi connectivity index (χ2n) is 3.30. The molecule has 3 nitrogen and oxygen atoms in total. The van der Waals surface area contributed by atoms with Crippen molar-refractivity contribution >= 4 is 0 Å². The summed E-state index contributed by atoms with van der Waals surface area (Å²) in [4.78, 5) is 0. The SMILES string of the molecule is CCC(NCCN)c1ccc(O)cc1. The first-order valence-corrected chi connectivity index (χ1v) is 5.00. The number of hydrogen-bond acceptors (Lipinski definition) is 3. The smallest absolute Gasteiger partial charge is 0.115 e. The fraction of sp³-hybridized carbons (Fsp3) is 0.455. The van der Waals surface area contributed by atoms with Crippen molar-refractivity contribution in [1.29, 1.82) is 0 Å². The Kier molecular flexibility index (Phi) is 4.43. The van der Waals surface area contributed by atoms with Gasteiger partial charge in [0.25, 0.3) is 0 Å². The Morgan fingerprint density at radius 3 is 2.50 bits per heavy atom. The normalized spacial score (nSPS) is 12.7. The molecule has 0 heterocycles. The molecule has 0 aliphatic rings. The molecule has 1 rings (SSSR count). The van der Waals surface area contributed by atoms with Gasteiger partial charge in [-0.3, -0.25) is 0 Å². The fourth-order valence-corrected chi connectivity index (χ4v) is 1.46. The minimum absolute atomic E-state index is 0.308. The lowest BCUT2D eigenvalue weighted by atomic mass is 10.0. The number of aromatic hydroxyl groups is 1. The molecule has 0 spiro atoms. The predicted octanol–water partition coefficient (Wildman–Crippen LogP) is 1.39. The first-order valence-electron chi connectivity index (χ1n) is 5.00. The van der Waals surface area contributed by atoms with Crippen LogP contribution in [0.3, 0.4) is 0 Å². The van der Waals surface area contributed by atoms with Crippen molar-refractivity contribution in [2.75, 3.05) is 13.1 Å². The van der Waals surface area contributed by atoms with Crippen LogP contribution in [0.2, 0.25) is 0 Å². The van der Waals surface area contributed by atoms with E-state index in [0.29, 0.717) is 18.3 Å². The van der Waals surface area contributed by atoms with Crippen LogP contribution in [-0.2, 0) is 0 Å². The summed E-state index contributed by atoms with van der Waals surface area (Å²) in [6.07, 6.45) is 1.02. The van der Waals surface area contributed by atoms with E-state index in [2.05, 4.69) is 12.2 Å². The average Bonchev–Trinajstić information content (AvgIpc) is 2.21. The summed E-state index contributed by atoms with van der Waals surface area (Å²) in [5.74, 6) is 0.308. The van der Waals surface area contributed by atoms with Gasteiger partial charge in [0.2, 0.25) is 0 Å². The zero-order valence-electron chi connectivity index (χ0n) is 8.53. The van der Waals surface area contributed by atoms with Crippen LogP contribution < -0.4 is 11.1 Å². The highest BCUT2D eigenvalue weighted by atomic mass is 16.3. The maximum atomic E-state index is 9.15. The topological polar surface area (TPSA) is 58.3 Å². The third-order valence-corrected chi connectivity index (χ3v) is 2.24. The van der Waals surface area contributed by atoms with Crippen molar-refractivity contribution in [1.82, 2.24) is 5.32 Å². The summed E-state index contributed by atoms with van der Waals surface area (Å²) in [6, 6.07) is 7.63. The molecule has 1 atom stereocenters. The minimum atomic E-state index is 0.308. The molecule has 0 aliphatic heterocycles. The zero-order chi connectivity index (χ0) is 10.4. The molecule has 1 aromatic rings. The summed E-state index contributed by atoms with van der Waals surface area (Å²) in [7, 11) is 0. The van der Waals surface area contributed by atoms with Gasteiger partial charge in [-0.2, -0.15) is 0 Å². The fourth-order valence-electron chi connectivity index (χ4n) is 1.46. The highest BCUT2D eigenvalue weighted by Gasteiger charge is 2.06. The van der Waals surface area contributed by atoms with Crippen LogP contribution in [0.5, 0.6) is 5.75 Å². The Morgan fingerprint density at radius 2 is 2.00 bits per heavy atom. The number of benzene rings is 1. The highest BCUT2D eigenvalue weighted by Crippen LogP contribution is 2.18. The molecular formula is C11H18N2O. The molecule has 4 N–H and O–H groups in total. The van der Waals surface area contributed by atoms with E-state index in [9.17, 15) is 0 Å².